The van der Waals surface area contributed by atoms with Crippen molar-refractivity contribution in [2.75, 3.05) is 24.3 Å². The molecule has 2 aromatic rings. The van der Waals surface area contributed by atoms with Crippen LogP contribution in [0.5, 0.6) is 0 Å². The lowest BCUT2D eigenvalue weighted by Crippen LogP contribution is -2.28. The van der Waals surface area contributed by atoms with Crippen LogP contribution >= 0.6 is 0 Å². The molecule has 2 N–H and O–H groups in total. The van der Waals surface area contributed by atoms with E-state index < -0.39 is 0 Å². The number of carbonyl (C=O) groups is 1. The predicted molar refractivity (Wildman–Crippen MR) is 83.4 cm³/mol. The van der Waals surface area contributed by atoms with Crippen LogP contribution in [-0.2, 0) is 6.54 Å². The van der Waals surface area contributed by atoms with Gasteiger partial charge in [0.05, 0.1) is 12.2 Å². The van der Waals surface area contributed by atoms with Crippen molar-refractivity contribution in [1.82, 2.24) is 15.3 Å². The molecule has 2 amide bonds. The second-order valence-electron chi connectivity index (χ2n) is 4.92. The molecule has 6 nitrogen and oxygen atoms in total. The van der Waals surface area contributed by atoms with Gasteiger partial charge in [0.25, 0.3) is 0 Å². The molecule has 0 bridgehead atoms. The number of amides is 2. The zero-order valence-electron chi connectivity index (χ0n) is 12.4. The zero-order valence-corrected chi connectivity index (χ0v) is 12.4. The van der Waals surface area contributed by atoms with Gasteiger partial charge in [0.2, 0.25) is 5.95 Å². The van der Waals surface area contributed by atoms with Crippen LogP contribution in [0, 0.1) is 6.92 Å². The first kappa shape index (κ1) is 14.8. The summed E-state index contributed by atoms with van der Waals surface area (Å²) in [5.41, 5.74) is 2.67. The van der Waals surface area contributed by atoms with Crippen molar-refractivity contribution < 1.29 is 4.79 Å². The smallest absolute Gasteiger partial charge is 0.319 e. The number of nitrogens with zero attached hydrogens (tertiary/aromatic N) is 3. The van der Waals surface area contributed by atoms with E-state index in [-0.39, 0.29) is 6.03 Å². The fourth-order valence-electron chi connectivity index (χ4n) is 1.68. The summed E-state index contributed by atoms with van der Waals surface area (Å²) in [6.07, 6.45) is 1.68. The lowest BCUT2D eigenvalue weighted by atomic mass is 10.2. The van der Waals surface area contributed by atoms with Crippen LogP contribution in [0.4, 0.5) is 16.4 Å². The van der Waals surface area contributed by atoms with E-state index in [2.05, 4.69) is 20.6 Å². The number of nitrogens with one attached hydrogen (secondary N) is 2. The molecule has 21 heavy (non-hydrogen) atoms. The molecule has 0 aliphatic rings. The second kappa shape index (κ2) is 6.69. The Morgan fingerprint density at radius 1 is 1.19 bits per heavy atom. The fourth-order valence-corrected chi connectivity index (χ4v) is 1.68. The largest absolute Gasteiger partial charge is 0.347 e. The van der Waals surface area contributed by atoms with E-state index in [9.17, 15) is 4.79 Å². The third kappa shape index (κ3) is 4.45. The van der Waals surface area contributed by atoms with Gasteiger partial charge in [0.15, 0.2) is 0 Å². The summed E-state index contributed by atoms with van der Waals surface area (Å²) < 4.78 is 0. The predicted octanol–water partition coefficient (Wildman–Crippen LogP) is 2.17. The van der Waals surface area contributed by atoms with Crippen molar-refractivity contribution in [1.29, 1.82) is 0 Å². The quantitative estimate of drug-likeness (QED) is 0.903. The Balaban J connectivity index is 1.89. The van der Waals surface area contributed by atoms with Crippen molar-refractivity contribution in [3.8, 4) is 0 Å². The summed E-state index contributed by atoms with van der Waals surface area (Å²) in [6, 6.07) is 9.14. The summed E-state index contributed by atoms with van der Waals surface area (Å²) in [7, 11) is 3.74. The maximum atomic E-state index is 11.8. The van der Waals surface area contributed by atoms with Gasteiger partial charge in [-0.05, 0) is 25.1 Å². The molecule has 0 atom stereocenters. The third-order valence-corrected chi connectivity index (χ3v) is 2.84. The van der Waals surface area contributed by atoms with E-state index in [0.717, 1.165) is 16.9 Å². The highest BCUT2D eigenvalue weighted by Crippen LogP contribution is 2.08. The Labute approximate surface area is 124 Å². The Bertz CT molecular complexity index is 610. The number of urea groups is 1. The minimum absolute atomic E-state index is 0.260. The van der Waals surface area contributed by atoms with Crippen molar-refractivity contribution in [2.45, 2.75) is 13.5 Å². The first-order chi connectivity index (χ1) is 10.0. The summed E-state index contributed by atoms with van der Waals surface area (Å²) in [4.78, 5) is 22.1. The van der Waals surface area contributed by atoms with Gasteiger partial charge in [-0.3, -0.25) is 0 Å². The number of anilines is 2. The SMILES string of the molecule is Cc1ccc(NC(=O)NCc2ccnc(N(C)C)n2)cc1. The second-order valence-corrected chi connectivity index (χ2v) is 4.92. The number of aryl methyl sites for hydroxylation is 1. The van der Waals surface area contributed by atoms with Gasteiger partial charge in [0, 0.05) is 26.0 Å². The van der Waals surface area contributed by atoms with E-state index in [0.29, 0.717) is 12.5 Å². The van der Waals surface area contributed by atoms with Crippen molar-refractivity contribution in [2.24, 2.45) is 0 Å². The van der Waals surface area contributed by atoms with Gasteiger partial charge in [-0.1, -0.05) is 17.7 Å². The lowest BCUT2D eigenvalue weighted by molar-refractivity contribution is 0.251. The van der Waals surface area contributed by atoms with Crippen LogP contribution in [0.25, 0.3) is 0 Å². The molecule has 1 heterocycles. The Kier molecular flexibility index (Phi) is 4.71. The van der Waals surface area contributed by atoms with Gasteiger partial charge in [0.1, 0.15) is 0 Å². The van der Waals surface area contributed by atoms with Crippen LogP contribution in [0.2, 0.25) is 0 Å². The van der Waals surface area contributed by atoms with Crippen LogP contribution in [0.15, 0.2) is 36.5 Å². The molecule has 1 aromatic heterocycles. The molecular weight excluding hydrogens is 266 g/mol. The van der Waals surface area contributed by atoms with Crippen molar-refractivity contribution in [3.05, 3.63) is 47.8 Å². The molecule has 0 saturated carbocycles. The Morgan fingerprint density at radius 3 is 2.57 bits per heavy atom. The minimum atomic E-state index is -0.260. The van der Waals surface area contributed by atoms with Gasteiger partial charge in [-0.15, -0.1) is 0 Å². The average Bonchev–Trinajstić information content (AvgIpc) is 2.48. The van der Waals surface area contributed by atoms with Crippen LogP contribution in [0.1, 0.15) is 11.3 Å². The van der Waals surface area contributed by atoms with Crippen molar-refractivity contribution >= 4 is 17.7 Å². The molecule has 1 aromatic carbocycles. The van der Waals surface area contributed by atoms with Crippen LogP contribution < -0.4 is 15.5 Å². The molecule has 0 unspecified atom stereocenters. The Morgan fingerprint density at radius 2 is 1.90 bits per heavy atom. The number of benzene rings is 1. The fraction of sp³-hybridized carbons (Fsp3) is 0.267. The van der Waals surface area contributed by atoms with Gasteiger partial charge >= 0.3 is 6.03 Å². The number of carbonyl (C=O) groups excluding carboxylic acids is 1. The van der Waals surface area contributed by atoms with Crippen LogP contribution in [-0.4, -0.2) is 30.1 Å². The maximum Gasteiger partial charge on any atom is 0.319 e. The minimum Gasteiger partial charge on any atom is -0.347 e. The first-order valence-corrected chi connectivity index (χ1v) is 6.65. The van der Waals surface area contributed by atoms with Crippen LogP contribution in [0.3, 0.4) is 0 Å². The molecule has 110 valence electrons. The molecule has 2 rings (SSSR count). The molecule has 0 aliphatic carbocycles. The summed E-state index contributed by atoms with van der Waals surface area (Å²) in [5, 5.41) is 5.54. The molecular formula is C15H19N5O. The van der Waals surface area contributed by atoms with Gasteiger partial charge < -0.3 is 15.5 Å². The van der Waals surface area contributed by atoms with E-state index in [4.69, 9.17) is 0 Å². The van der Waals surface area contributed by atoms with E-state index in [1.54, 1.807) is 12.3 Å². The average molecular weight is 285 g/mol. The zero-order chi connectivity index (χ0) is 15.2. The number of hydrogen-bond acceptors (Lipinski definition) is 4. The van der Waals surface area contributed by atoms with Gasteiger partial charge in [-0.25, -0.2) is 14.8 Å². The number of hydrogen-bond donors (Lipinski definition) is 2. The Hall–Kier alpha value is -2.63. The molecule has 0 radical (unpaired) electrons. The number of aromatic nitrogens is 2. The standard InChI is InChI=1S/C15H19N5O/c1-11-4-6-12(7-5-11)19-15(21)17-10-13-8-9-16-14(18-13)20(2)3/h4-9H,10H2,1-3H3,(H2,17,19,21). The monoisotopic (exact) mass is 285 g/mol. The normalized spacial score (nSPS) is 10.0. The van der Waals surface area contributed by atoms with E-state index >= 15 is 0 Å². The summed E-state index contributed by atoms with van der Waals surface area (Å²) >= 11 is 0. The first-order valence-electron chi connectivity index (χ1n) is 6.65. The van der Waals surface area contributed by atoms with E-state index in [1.165, 1.54) is 0 Å². The molecule has 0 aliphatic heterocycles. The van der Waals surface area contributed by atoms with Crippen molar-refractivity contribution in [3.63, 3.8) is 0 Å². The molecule has 0 fully saturated rings. The molecule has 6 heteroatoms. The summed E-state index contributed by atoms with van der Waals surface area (Å²) in [5.74, 6) is 0.619. The molecule has 0 saturated heterocycles. The highest BCUT2D eigenvalue weighted by molar-refractivity contribution is 5.89. The molecule has 0 spiro atoms. The highest BCUT2D eigenvalue weighted by Gasteiger charge is 2.04. The highest BCUT2D eigenvalue weighted by atomic mass is 16.2. The van der Waals surface area contributed by atoms with Gasteiger partial charge in [-0.2, -0.15) is 0 Å². The number of rotatable bonds is 4. The van der Waals surface area contributed by atoms with E-state index in [1.807, 2.05) is 50.2 Å². The third-order valence-electron chi connectivity index (χ3n) is 2.84. The topological polar surface area (TPSA) is 70.2 Å². The maximum absolute atomic E-state index is 11.8. The summed E-state index contributed by atoms with van der Waals surface area (Å²) in [6.45, 7) is 2.35. The lowest BCUT2D eigenvalue weighted by Gasteiger charge is -2.11.